The molecule has 0 aliphatic rings. The molecule has 4 aromatic rings. The van der Waals surface area contributed by atoms with E-state index in [9.17, 15) is 14.0 Å². The van der Waals surface area contributed by atoms with Gasteiger partial charge in [0.1, 0.15) is 18.1 Å². The van der Waals surface area contributed by atoms with E-state index >= 15 is 0 Å². The van der Waals surface area contributed by atoms with Crippen LogP contribution < -0.4 is 5.56 Å². The number of rotatable bonds is 4. The van der Waals surface area contributed by atoms with E-state index in [1.54, 1.807) is 43.5 Å². The first-order valence-corrected chi connectivity index (χ1v) is 9.92. The lowest BCUT2D eigenvalue weighted by molar-refractivity contribution is 0.0467. The van der Waals surface area contributed by atoms with E-state index in [1.807, 2.05) is 11.5 Å². The highest BCUT2D eigenvalue weighted by molar-refractivity contribution is 9.10. The molecule has 8 heteroatoms. The summed E-state index contributed by atoms with van der Waals surface area (Å²) in [6, 6.07) is 12.6. The van der Waals surface area contributed by atoms with Gasteiger partial charge >= 0.3 is 5.97 Å². The van der Waals surface area contributed by atoms with Gasteiger partial charge in [0.15, 0.2) is 0 Å². The molecule has 1 aromatic carbocycles. The molecule has 30 heavy (non-hydrogen) atoms. The summed E-state index contributed by atoms with van der Waals surface area (Å²) in [4.78, 5) is 29.3. The summed E-state index contributed by atoms with van der Waals surface area (Å²) in [6.07, 6.45) is 1.63. The molecule has 0 unspecified atom stereocenters. The van der Waals surface area contributed by atoms with Crippen molar-refractivity contribution >= 4 is 27.5 Å². The molecule has 0 N–H and O–H groups in total. The topological polar surface area (TPSA) is 65.6 Å². The number of fused-ring (bicyclic) bond motifs is 1. The van der Waals surface area contributed by atoms with Crippen LogP contribution in [0.1, 0.15) is 27.4 Å². The number of nitrogens with zero attached hydrogens (tertiary/aromatic N) is 3. The second-order valence-corrected chi connectivity index (χ2v) is 7.75. The normalized spacial score (nSPS) is 11.1. The molecule has 0 radical (unpaired) electrons. The zero-order valence-corrected chi connectivity index (χ0v) is 17.8. The number of aromatic nitrogens is 3. The van der Waals surface area contributed by atoms with Gasteiger partial charge in [0.25, 0.3) is 5.56 Å². The van der Waals surface area contributed by atoms with E-state index in [0.29, 0.717) is 22.6 Å². The minimum absolute atomic E-state index is 0.124. The molecule has 0 aliphatic carbocycles. The van der Waals surface area contributed by atoms with Crippen LogP contribution in [0, 0.1) is 19.7 Å². The number of ether oxygens (including phenoxy) is 1. The Morgan fingerprint density at radius 2 is 1.87 bits per heavy atom. The Kier molecular flexibility index (Phi) is 5.26. The van der Waals surface area contributed by atoms with E-state index in [4.69, 9.17) is 4.74 Å². The summed E-state index contributed by atoms with van der Waals surface area (Å²) in [7, 11) is 0. The van der Waals surface area contributed by atoms with Crippen molar-refractivity contribution < 1.29 is 13.9 Å². The molecular formula is C22H17BrFN3O3. The van der Waals surface area contributed by atoms with Crippen molar-refractivity contribution in [2.75, 3.05) is 0 Å². The van der Waals surface area contributed by atoms with Gasteiger partial charge in [-0.25, -0.2) is 14.2 Å². The van der Waals surface area contributed by atoms with Crippen LogP contribution in [-0.4, -0.2) is 19.9 Å². The van der Waals surface area contributed by atoms with Crippen LogP contribution in [0.3, 0.4) is 0 Å². The van der Waals surface area contributed by atoms with Crippen molar-refractivity contribution in [3.8, 4) is 5.69 Å². The molecule has 3 heterocycles. The Morgan fingerprint density at radius 1 is 1.13 bits per heavy atom. The predicted molar refractivity (Wildman–Crippen MR) is 113 cm³/mol. The Labute approximate surface area is 179 Å². The maximum Gasteiger partial charge on any atom is 0.340 e. The fourth-order valence-electron chi connectivity index (χ4n) is 3.37. The summed E-state index contributed by atoms with van der Waals surface area (Å²) >= 11 is 3.32. The van der Waals surface area contributed by atoms with Crippen molar-refractivity contribution in [1.29, 1.82) is 0 Å². The van der Waals surface area contributed by atoms with Gasteiger partial charge < -0.3 is 9.30 Å². The lowest BCUT2D eigenvalue weighted by Gasteiger charge is -2.10. The number of hydrogen-bond acceptors (Lipinski definition) is 4. The summed E-state index contributed by atoms with van der Waals surface area (Å²) < 4.78 is 22.7. The number of carbonyl (C=O) groups is 1. The molecule has 4 rings (SSSR count). The second kappa shape index (κ2) is 7.87. The number of esters is 1. The summed E-state index contributed by atoms with van der Waals surface area (Å²) in [5.41, 5.74) is 3.22. The fraction of sp³-hybridized carbons (Fsp3) is 0.136. The van der Waals surface area contributed by atoms with E-state index in [2.05, 4.69) is 20.9 Å². The molecule has 0 fully saturated rings. The van der Waals surface area contributed by atoms with Gasteiger partial charge in [-0.1, -0.05) is 0 Å². The molecule has 0 saturated carbocycles. The zero-order chi connectivity index (χ0) is 21.4. The third kappa shape index (κ3) is 3.78. The highest BCUT2D eigenvalue weighted by Crippen LogP contribution is 2.22. The van der Waals surface area contributed by atoms with E-state index in [0.717, 1.165) is 15.9 Å². The minimum Gasteiger partial charge on any atom is -0.456 e. The molecule has 0 spiro atoms. The number of benzene rings is 1. The first-order valence-electron chi connectivity index (χ1n) is 9.13. The van der Waals surface area contributed by atoms with Crippen LogP contribution >= 0.6 is 15.9 Å². The van der Waals surface area contributed by atoms with Gasteiger partial charge in [0, 0.05) is 33.8 Å². The Balaban J connectivity index is 1.57. The maximum absolute atomic E-state index is 13.2. The molecule has 0 atom stereocenters. The van der Waals surface area contributed by atoms with Gasteiger partial charge in [-0.3, -0.25) is 9.20 Å². The van der Waals surface area contributed by atoms with E-state index in [-0.39, 0.29) is 18.0 Å². The largest absolute Gasteiger partial charge is 0.456 e. The Hall–Kier alpha value is -3.26. The van der Waals surface area contributed by atoms with Gasteiger partial charge in [0.05, 0.1) is 11.3 Å². The van der Waals surface area contributed by atoms with Crippen LogP contribution in [-0.2, 0) is 11.3 Å². The van der Waals surface area contributed by atoms with Crippen molar-refractivity contribution in [1.82, 2.24) is 14.0 Å². The highest BCUT2D eigenvalue weighted by Gasteiger charge is 2.18. The van der Waals surface area contributed by atoms with Crippen molar-refractivity contribution in [3.63, 3.8) is 0 Å². The van der Waals surface area contributed by atoms with Crippen LogP contribution in [0.4, 0.5) is 4.39 Å². The van der Waals surface area contributed by atoms with Gasteiger partial charge in [-0.15, -0.1) is 0 Å². The highest BCUT2D eigenvalue weighted by atomic mass is 79.9. The quantitative estimate of drug-likeness (QED) is 0.416. The SMILES string of the molecule is Cc1cc(C(=O)OCc2cc(=O)n3cc(Br)ccc3n2)c(C)n1-c1ccc(F)cc1. The molecule has 0 saturated heterocycles. The lowest BCUT2D eigenvalue weighted by atomic mass is 10.2. The number of pyridine rings is 1. The first-order chi connectivity index (χ1) is 14.3. The van der Waals surface area contributed by atoms with Crippen molar-refractivity contribution in [3.05, 3.63) is 98.0 Å². The smallest absolute Gasteiger partial charge is 0.340 e. The molecule has 0 bridgehead atoms. The number of halogens is 2. The lowest BCUT2D eigenvalue weighted by Crippen LogP contribution is -2.16. The minimum atomic E-state index is -0.519. The average molecular weight is 470 g/mol. The van der Waals surface area contributed by atoms with Crippen LogP contribution in [0.5, 0.6) is 0 Å². The third-order valence-electron chi connectivity index (χ3n) is 4.76. The van der Waals surface area contributed by atoms with Crippen LogP contribution in [0.25, 0.3) is 11.3 Å². The van der Waals surface area contributed by atoms with E-state index in [1.165, 1.54) is 22.6 Å². The molecular weight excluding hydrogens is 453 g/mol. The number of aryl methyl sites for hydroxylation is 1. The molecule has 3 aromatic heterocycles. The Morgan fingerprint density at radius 3 is 2.60 bits per heavy atom. The molecule has 0 aliphatic heterocycles. The van der Waals surface area contributed by atoms with Crippen molar-refractivity contribution in [2.24, 2.45) is 0 Å². The maximum atomic E-state index is 13.2. The van der Waals surface area contributed by atoms with Gasteiger partial charge in [-0.05, 0) is 72.2 Å². The predicted octanol–water partition coefficient (Wildman–Crippen LogP) is 4.36. The summed E-state index contributed by atoms with van der Waals surface area (Å²) in [6.45, 7) is 3.53. The first kappa shape index (κ1) is 20.0. The summed E-state index contributed by atoms with van der Waals surface area (Å²) in [5, 5.41) is 0. The number of carbonyl (C=O) groups excluding carboxylic acids is 1. The van der Waals surface area contributed by atoms with Gasteiger partial charge in [-0.2, -0.15) is 0 Å². The zero-order valence-electron chi connectivity index (χ0n) is 16.2. The second-order valence-electron chi connectivity index (χ2n) is 6.83. The van der Waals surface area contributed by atoms with Gasteiger partial charge in [0.2, 0.25) is 0 Å². The van der Waals surface area contributed by atoms with Crippen LogP contribution in [0.15, 0.2) is 64.0 Å². The fourth-order valence-corrected chi connectivity index (χ4v) is 3.71. The summed E-state index contributed by atoms with van der Waals surface area (Å²) in [5.74, 6) is -0.846. The monoisotopic (exact) mass is 469 g/mol. The average Bonchev–Trinajstić information content (AvgIpc) is 3.02. The molecule has 6 nitrogen and oxygen atoms in total. The molecule has 0 amide bonds. The number of hydrogen-bond donors (Lipinski definition) is 0. The Bertz CT molecular complexity index is 1330. The van der Waals surface area contributed by atoms with Crippen molar-refractivity contribution in [2.45, 2.75) is 20.5 Å². The van der Waals surface area contributed by atoms with Crippen LogP contribution in [0.2, 0.25) is 0 Å². The molecule has 152 valence electrons. The standard InChI is InChI=1S/C22H17BrFN3O3/c1-13-9-19(14(2)27(13)18-6-4-16(24)5-7-18)22(29)30-12-17-10-21(28)26-11-15(23)3-8-20(26)25-17/h3-11H,12H2,1-2H3. The van der Waals surface area contributed by atoms with E-state index < -0.39 is 5.97 Å². The third-order valence-corrected chi connectivity index (χ3v) is 5.23.